The molecule has 36 heavy (non-hydrogen) atoms. The summed E-state index contributed by atoms with van der Waals surface area (Å²) in [6.07, 6.45) is 11.5. The number of aliphatic hydroxyl groups is 1. The Hall–Kier alpha value is -1.88. The second kappa shape index (κ2) is 8.06. The number of fused-ring (bicyclic) bond motifs is 2. The van der Waals surface area contributed by atoms with E-state index in [1.54, 1.807) is 0 Å². The van der Waals surface area contributed by atoms with Crippen molar-refractivity contribution < 1.29 is 14.9 Å². The molecule has 4 bridgehead atoms. The zero-order chi connectivity index (χ0) is 24.6. The van der Waals surface area contributed by atoms with Gasteiger partial charge in [-0.1, -0.05) is 36.4 Å². The zero-order valence-corrected chi connectivity index (χ0v) is 21.7. The number of aromatic hydroxyl groups is 1. The van der Waals surface area contributed by atoms with Gasteiger partial charge >= 0.3 is 0 Å². The van der Waals surface area contributed by atoms with Crippen LogP contribution in [0.25, 0.3) is 0 Å². The normalized spacial score (nSPS) is 36.7. The first kappa shape index (κ1) is 23.3. The Kier molecular flexibility index (Phi) is 5.20. The van der Waals surface area contributed by atoms with E-state index >= 15 is 0 Å². The van der Waals surface area contributed by atoms with Gasteiger partial charge in [-0.2, -0.15) is 0 Å². The number of phenolic OH excluding ortho intramolecular Hbond substituents is 1. The van der Waals surface area contributed by atoms with Crippen LogP contribution in [0, 0.1) is 5.92 Å². The summed E-state index contributed by atoms with van der Waals surface area (Å²) in [7, 11) is 0. The molecule has 7 rings (SSSR count). The van der Waals surface area contributed by atoms with Gasteiger partial charge in [-0.3, -0.25) is 4.90 Å². The lowest BCUT2D eigenvalue weighted by atomic mass is 9.53. The number of hydrogen-bond acceptors (Lipinski definition) is 4. The molecule has 0 aromatic heterocycles. The van der Waals surface area contributed by atoms with E-state index in [-0.39, 0.29) is 16.6 Å². The Labute approximate surface area is 215 Å². The van der Waals surface area contributed by atoms with E-state index in [1.165, 1.54) is 42.5 Å². The molecule has 2 N–H and O–H groups in total. The molecule has 3 saturated heterocycles. The highest BCUT2D eigenvalue weighted by atomic mass is 16.5. The quantitative estimate of drug-likeness (QED) is 0.540. The molecule has 3 aliphatic heterocycles. The molecule has 2 aromatic rings. The summed E-state index contributed by atoms with van der Waals surface area (Å²) < 4.78 is 7.47. The Bertz CT molecular complexity index is 1140. The fourth-order valence-electron chi connectivity index (χ4n) is 8.99. The van der Waals surface area contributed by atoms with Gasteiger partial charge in [0.1, 0.15) is 5.75 Å². The Balaban J connectivity index is 1.24. The standard InChI is InChI=1S/C32H41NO3/c1-29(35,15-12-23-6-3-2-4-7-23)21-30-13-5-14-32(36-30)28-18-25-10-11-26(34)19-27(25)31(32,22-30)16-17-33(28)20-24-8-9-24/h2-4,6-7,10-11,19,24,28,34-35H,5,8-9,12-18,20-22H2,1H3/t28-,29?,30+,31-,32-/m1/s1. The molecule has 3 heterocycles. The highest BCUT2D eigenvalue weighted by Crippen LogP contribution is 2.68. The lowest BCUT2D eigenvalue weighted by Gasteiger charge is -2.61. The number of benzene rings is 2. The largest absolute Gasteiger partial charge is 0.508 e. The van der Waals surface area contributed by atoms with Crippen molar-refractivity contribution in [2.24, 2.45) is 5.92 Å². The van der Waals surface area contributed by atoms with Gasteiger partial charge in [0.05, 0.1) is 16.8 Å². The van der Waals surface area contributed by atoms with Gasteiger partial charge < -0.3 is 14.9 Å². The van der Waals surface area contributed by atoms with E-state index in [9.17, 15) is 10.2 Å². The molecule has 192 valence electrons. The molecule has 1 spiro atoms. The average molecular weight is 488 g/mol. The van der Waals surface area contributed by atoms with Gasteiger partial charge in [0.2, 0.25) is 0 Å². The second-order valence-corrected chi connectivity index (χ2v) is 13.2. The molecule has 0 radical (unpaired) electrons. The van der Waals surface area contributed by atoms with E-state index in [4.69, 9.17) is 4.74 Å². The molecule has 4 heteroatoms. The summed E-state index contributed by atoms with van der Waals surface area (Å²) in [6, 6.07) is 17.1. The zero-order valence-electron chi connectivity index (χ0n) is 21.7. The monoisotopic (exact) mass is 487 g/mol. The summed E-state index contributed by atoms with van der Waals surface area (Å²) in [4.78, 5) is 2.78. The number of likely N-dealkylation sites (tertiary alicyclic amines) is 1. The first-order valence-electron chi connectivity index (χ1n) is 14.4. The van der Waals surface area contributed by atoms with Crippen molar-refractivity contribution in [1.82, 2.24) is 4.90 Å². The summed E-state index contributed by atoms with van der Waals surface area (Å²) >= 11 is 0. The summed E-state index contributed by atoms with van der Waals surface area (Å²) in [6.45, 7) is 4.36. The number of nitrogens with zero attached hydrogens (tertiary/aromatic N) is 1. The molecule has 4 nitrogen and oxygen atoms in total. The molecule has 1 saturated carbocycles. The highest BCUT2D eigenvalue weighted by Gasteiger charge is 2.73. The van der Waals surface area contributed by atoms with Gasteiger partial charge in [-0.15, -0.1) is 0 Å². The van der Waals surface area contributed by atoms with Crippen molar-refractivity contribution in [3.63, 3.8) is 0 Å². The molecule has 5 aliphatic rings. The van der Waals surface area contributed by atoms with E-state index in [2.05, 4.69) is 47.4 Å². The van der Waals surface area contributed by atoms with Gasteiger partial charge in [-0.05, 0) is 112 Å². The summed E-state index contributed by atoms with van der Waals surface area (Å²) in [5.74, 6) is 1.24. The smallest absolute Gasteiger partial charge is 0.115 e. The van der Waals surface area contributed by atoms with Crippen LogP contribution >= 0.6 is 0 Å². The maximum absolute atomic E-state index is 11.7. The first-order chi connectivity index (χ1) is 17.3. The number of hydrogen-bond donors (Lipinski definition) is 2. The number of aryl methyl sites for hydroxylation is 1. The van der Waals surface area contributed by atoms with Crippen molar-refractivity contribution in [3.05, 3.63) is 65.2 Å². The maximum Gasteiger partial charge on any atom is 0.115 e. The molecule has 4 fully saturated rings. The fourth-order valence-corrected chi connectivity index (χ4v) is 8.99. The van der Waals surface area contributed by atoms with Crippen LogP contribution in [-0.2, 0) is 23.0 Å². The molecule has 2 aromatic carbocycles. The molecular weight excluding hydrogens is 446 g/mol. The number of piperidine rings is 1. The Morgan fingerprint density at radius 3 is 2.72 bits per heavy atom. The van der Waals surface area contributed by atoms with Crippen LogP contribution in [0.4, 0.5) is 0 Å². The number of ether oxygens (including phenoxy) is 1. The topological polar surface area (TPSA) is 52.9 Å². The number of phenols is 1. The molecular formula is C32H41NO3. The second-order valence-electron chi connectivity index (χ2n) is 13.2. The fraction of sp³-hybridized carbons (Fsp3) is 0.625. The van der Waals surface area contributed by atoms with Crippen molar-refractivity contribution in [2.75, 3.05) is 13.1 Å². The molecule has 2 aliphatic carbocycles. The lowest BCUT2D eigenvalue weighted by Crippen LogP contribution is -2.70. The van der Waals surface area contributed by atoms with Gasteiger partial charge in [0.25, 0.3) is 0 Å². The molecule has 5 atom stereocenters. The van der Waals surface area contributed by atoms with Crippen molar-refractivity contribution >= 4 is 0 Å². The van der Waals surface area contributed by atoms with Crippen LogP contribution in [0.2, 0.25) is 0 Å². The van der Waals surface area contributed by atoms with Crippen molar-refractivity contribution in [3.8, 4) is 5.75 Å². The molecule has 0 amide bonds. The number of rotatable bonds is 7. The van der Waals surface area contributed by atoms with Crippen molar-refractivity contribution in [1.29, 1.82) is 0 Å². The predicted octanol–water partition coefficient (Wildman–Crippen LogP) is 5.53. The van der Waals surface area contributed by atoms with Crippen LogP contribution in [0.15, 0.2) is 48.5 Å². The SMILES string of the molecule is CC(O)(CCc1ccccc1)C[C@]12CCC[C@@]3(O1)[C@H]1Cc4ccc(O)cc4[C@@]3(CCN1CC1CC1)C2. The average Bonchev–Trinajstić information content (AvgIpc) is 3.63. The van der Waals surface area contributed by atoms with Crippen LogP contribution in [0.1, 0.15) is 81.4 Å². The Morgan fingerprint density at radius 1 is 1.08 bits per heavy atom. The third-order valence-corrected chi connectivity index (χ3v) is 10.5. The van der Waals surface area contributed by atoms with Crippen LogP contribution in [0.3, 0.4) is 0 Å². The summed E-state index contributed by atoms with van der Waals surface area (Å²) in [5.41, 5.74) is 2.71. The van der Waals surface area contributed by atoms with Crippen LogP contribution in [-0.4, -0.2) is 51.0 Å². The third kappa shape index (κ3) is 3.59. The van der Waals surface area contributed by atoms with E-state index in [1.807, 2.05) is 13.0 Å². The van der Waals surface area contributed by atoms with Gasteiger partial charge in [0.15, 0.2) is 0 Å². The van der Waals surface area contributed by atoms with Crippen LogP contribution < -0.4 is 0 Å². The van der Waals surface area contributed by atoms with Gasteiger partial charge in [-0.25, -0.2) is 0 Å². The summed E-state index contributed by atoms with van der Waals surface area (Å²) in [5, 5.41) is 22.3. The van der Waals surface area contributed by atoms with Gasteiger partial charge in [0, 0.05) is 24.4 Å². The minimum atomic E-state index is -0.776. The maximum atomic E-state index is 11.7. The predicted molar refractivity (Wildman–Crippen MR) is 141 cm³/mol. The third-order valence-electron chi connectivity index (χ3n) is 10.5. The van der Waals surface area contributed by atoms with Crippen molar-refractivity contribution in [2.45, 2.75) is 106 Å². The first-order valence-corrected chi connectivity index (χ1v) is 14.4. The molecule has 1 unspecified atom stereocenters. The minimum absolute atomic E-state index is 0.0595. The Morgan fingerprint density at radius 2 is 1.92 bits per heavy atom. The van der Waals surface area contributed by atoms with Crippen LogP contribution in [0.5, 0.6) is 5.75 Å². The lowest BCUT2D eigenvalue weighted by molar-refractivity contribution is -0.215. The van der Waals surface area contributed by atoms with E-state index < -0.39 is 5.60 Å². The highest BCUT2D eigenvalue weighted by molar-refractivity contribution is 5.50. The van der Waals surface area contributed by atoms with E-state index in [0.717, 1.165) is 57.4 Å². The van der Waals surface area contributed by atoms with E-state index in [0.29, 0.717) is 18.2 Å². The minimum Gasteiger partial charge on any atom is -0.508 e.